The fourth-order valence-corrected chi connectivity index (χ4v) is 4.13. The van der Waals surface area contributed by atoms with Crippen LogP contribution in [-0.4, -0.2) is 22.6 Å². The van der Waals surface area contributed by atoms with E-state index in [-0.39, 0.29) is 24.0 Å². The van der Waals surface area contributed by atoms with Crippen molar-refractivity contribution in [3.63, 3.8) is 0 Å². The van der Waals surface area contributed by atoms with Crippen molar-refractivity contribution in [1.82, 2.24) is 4.98 Å². The predicted molar refractivity (Wildman–Crippen MR) is 109 cm³/mol. The van der Waals surface area contributed by atoms with E-state index in [0.29, 0.717) is 21.4 Å². The fraction of sp³-hybridized carbons (Fsp3) is 0.143. The molecule has 0 spiro atoms. The summed E-state index contributed by atoms with van der Waals surface area (Å²) in [5.41, 5.74) is 2.78. The molecule has 2 heterocycles. The van der Waals surface area contributed by atoms with Crippen molar-refractivity contribution in [3.05, 3.63) is 65.0 Å². The highest BCUT2D eigenvalue weighted by Crippen LogP contribution is 2.35. The number of carbonyl (C=O) groups excluding carboxylic acids is 3. The van der Waals surface area contributed by atoms with Gasteiger partial charge < -0.3 is 10.6 Å². The zero-order valence-electron chi connectivity index (χ0n) is 15.1. The molecule has 4 rings (SSSR count). The summed E-state index contributed by atoms with van der Waals surface area (Å²) >= 11 is 1.14. The van der Waals surface area contributed by atoms with Crippen molar-refractivity contribution < 1.29 is 14.4 Å². The topological polar surface area (TPSA) is 88.2 Å². The average Bonchev–Trinajstić information content (AvgIpc) is 3.12. The van der Waals surface area contributed by atoms with Crippen molar-refractivity contribution in [2.24, 2.45) is 0 Å². The third kappa shape index (κ3) is 3.44. The minimum Gasteiger partial charge on any atom is -0.326 e. The predicted octanol–water partition coefficient (Wildman–Crippen LogP) is 4.08. The standard InChI is InChI=1S/C21H17N3O3S/c1-12(25)19-18(13-7-3-2-4-8-13)23-21(28-19)24-20(27)15-11-17(26)22-16-10-6-5-9-14(15)16/h2-10,15H,11H2,1H3,(H,22,26)(H,23,24,27). The number of benzene rings is 2. The van der Waals surface area contributed by atoms with Crippen LogP contribution in [0.4, 0.5) is 10.8 Å². The molecule has 0 radical (unpaired) electrons. The van der Waals surface area contributed by atoms with E-state index in [4.69, 9.17) is 0 Å². The number of aromatic nitrogens is 1. The number of hydrogen-bond donors (Lipinski definition) is 2. The molecule has 1 aliphatic rings. The second-order valence-electron chi connectivity index (χ2n) is 6.50. The van der Waals surface area contributed by atoms with Crippen LogP contribution in [0.15, 0.2) is 54.6 Å². The average molecular weight is 391 g/mol. The number of para-hydroxylation sites is 1. The van der Waals surface area contributed by atoms with Gasteiger partial charge in [0.15, 0.2) is 10.9 Å². The number of hydrogen-bond acceptors (Lipinski definition) is 5. The van der Waals surface area contributed by atoms with Gasteiger partial charge in [-0.05, 0) is 11.6 Å². The van der Waals surface area contributed by atoms with E-state index < -0.39 is 5.92 Å². The molecule has 0 saturated heterocycles. The van der Waals surface area contributed by atoms with Crippen LogP contribution in [0, 0.1) is 0 Å². The minimum absolute atomic E-state index is 0.0688. The van der Waals surface area contributed by atoms with Crippen LogP contribution in [0.3, 0.4) is 0 Å². The molecule has 1 aromatic heterocycles. The number of thiazole rings is 1. The molecule has 2 N–H and O–H groups in total. The molecule has 1 unspecified atom stereocenters. The molecule has 0 saturated carbocycles. The third-order valence-corrected chi connectivity index (χ3v) is 5.61. The zero-order valence-corrected chi connectivity index (χ0v) is 15.9. The maximum absolute atomic E-state index is 12.9. The molecule has 28 heavy (non-hydrogen) atoms. The van der Waals surface area contributed by atoms with Crippen LogP contribution in [0.2, 0.25) is 0 Å². The smallest absolute Gasteiger partial charge is 0.234 e. The summed E-state index contributed by atoms with van der Waals surface area (Å²) in [6.45, 7) is 1.48. The molecule has 1 aliphatic heterocycles. The van der Waals surface area contributed by atoms with Crippen LogP contribution >= 0.6 is 11.3 Å². The maximum Gasteiger partial charge on any atom is 0.234 e. The number of anilines is 2. The normalized spacial score (nSPS) is 15.5. The molecule has 2 aromatic carbocycles. The maximum atomic E-state index is 12.9. The molecule has 2 amide bonds. The molecule has 0 bridgehead atoms. The van der Waals surface area contributed by atoms with Gasteiger partial charge in [-0.1, -0.05) is 59.9 Å². The Bertz CT molecular complexity index is 1080. The van der Waals surface area contributed by atoms with Gasteiger partial charge in [-0.15, -0.1) is 0 Å². The number of rotatable bonds is 4. The first-order chi connectivity index (χ1) is 13.5. The first kappa shape index (κ1) is 18.1. The summed E-state index contributed by atoms with van der Waals surface area (Å²) in [4.78, 5) is 41.9. The Morgan fingerprint density at radius 3 is 2.57 bits per heavy atom. The molecule has 0 aliphatic carbocycles. The Morgan fingerprint density at radius 1 is 1.11 bits per heavy atom. The molecule has 3 aromatic rings. The fourth-order valence-electron chi connectivity index (χ4n) is 3.24. The second kappa shape index (κ2) is 7.36. The lowest BCUT2D eigenvalue weighted by atomic mass is 9.90. The van der Waals surface area contributed by atoms with E-state index in [9.17, 15) is 14.4 Å². The highest BCUT2D eigenvalue weighted by Gasteiger charge is 2.31. The summed E-state index contributed by atoms with van der Waals surface area (Å²) in [6.07, 6.45) is 0.0688. The monoisotopic (exact) mass is 391 g/mol. The van der Waals surface area contributed by atoms with Gasteiger partial charge in [0, 0.05) is 24.6 Å². The molecule has 7 heteroatoms. The Kier molecular flexibility index (Phi) is 4.75. The molecule has 140 valence electrons. The lowest BCUT2D eigenvalue weighted by Crippen LogP contribution is -2.30. The summed E-state index contributed by atoms with van der Waals surface area (Å²) < 4.78 is 0. The largest absolute Gasteiger partial charge is 0.326 e. The first-order valence-electron chi connectivity index (χ1n) is 8.80. The Balaban J connectivity index is 1.64. The number of nitrogens with one attached hydrogen (secondary N) is 2. The van der Waals surface area contributed by atoms with Gasteiger partial charge >= 0.3 is 0 Å². The van der Waals surface area contributed by atoms with Gasteiger partial charge in [-0.25, -0.2) is 4.98 Å². The van der Waals surface area contributed by atoms with Crippen molar-refractivity contribution in [3.8, 4) is 11.3 Å². The zero-order chi connectivity index (χ0) is 19.7. The van der Waals surface area contributed by atoms with Gasteiger partial charge in [-0.3, -0.25) is 14.4 Å². The Morgan fingerprint density at radius 2 is 1.82 bits per heavy atom. The lowest BCUT2D eigenvalue weighted by Gasteiger charge is -2.24. The highest BCUT2D eigenvalue weighted by atomic mass is 32.1. The summed E-state index contributed by atoms with van der Waals surface area (Å²) in [6, 6.07) is 16.6. The van der Waals surface area contributed by atoms with Crippen LogP contribution in [-0.2, 0) is 9.59 Å². The van der Waals surface area contributed by atoms with E-state index in [0.717, 1.165) is 22.5 Å². The van der Waals surface area contributed by atoms with Crippen LogP contribution in [0.25, 0.3) is 11.3 Å². The number of amides is 2. The van der Waals surface area contributed by atoms with Crippen molar-refractivity contribution in [1.29, 1.82) is 0 Å². The lowest BCUT2D eigenvalue weighted by molar-refractivity contribution is -0.123. The van der Waals surface area contributed by atoms with E-state index in [1.807, 2.05) is 48.5 Å². The van der Waals surface area contributed by atoms with E-state index in [1.54, 1.807) is 6.07 Å². The van der Waals surface area contributed by atoms with E-state index >= 15 is 0 Å². The minimum atomic E-state index is -0.602. The molecular weight excluding hydrogens is 374 g/mol. The summed E-state index contributed by atoms with van der Waals surface area (Å²) in [7, 11) is 0. The number of ketones is 1. The quantitative estimate of drug-likeness (QED) is 0.656. The molecular formula is C21H17N3O3S. The van der Waals surface area contributed by atoms with E-state index in [2.05, 4.69) is 15.6 Å². The van der Waals surface area contributed by atoms with Gasteiger partial charge in [0.25, 0.3) is 0 Å². The number of carbonyl (C=O) groups is 3. The molecule has 6 nitrogen and oxygen atoms in total. The van der Waals surface area contributed by atoms with Crippen molar-refractivity contribution in [2.45, 2.75) is 19.3 Å². The molecule has 1 atom stereocenters. The summed E-state index contributed by atoms with van der Waals surface area (Å²) in [5, 5.41) is 5.92. The SMILES string of the molecule is CC(=O)c1sc(NC(=O)C2CC(=O)Nc3ccccc32)nc1-c1ccccc1. The van der Waals surface area contributed by atoms with Crippen molar-refractivity contribution >= 4 is 39.8 Å². The Hall–Kier alpha value is -3.32. The van der Waals surface area contributed by atoms with Gasteiger partial charge in [0.2, 0.25) is 11.8 Å². The van der Waals surface area contributed by atoms with Gasteiger partial charge in [-0.2, -0.15) is 0 Å². The summed E-state index contributed by atoms with van der Waals surface area (Å²) in [5.74, 6) is -1.23. The van der Waals surface area contributed by atoms with Crippen LogP contribution in [0.1, 0.15) is 34.5 Å². The third-order valence-electron chi connectivity index (χ3n) is 4.54. The van der Waals surface area contributed by atoms with Crippen LogP contribution in [0.5, 0.6) is 0 Å². The van der Waals surface area contributed by atoms with Crippen molar-refractivity contribution in [2.75, 3.05) is 10.6 Å². The second-order valence-corrected chi connectivity index (χ2v) is 7.50. The van der Waals surface area contributed by atoms with Crippen LogP contribution < -0.4 is 10.6 Å². The number of Topliss-reactive ketones (excluding diaryl/α,β-unsaturated/α-hetero) is 1. The first-order valence-corrected chi connectivity index (χ1v) is 9.61. The Labute approximate surface area is 165 Å². The van der Waals surface area contributed by atoms with E-state index in [1.165, 1.54) is 6.92 Å². The number of fused-ring (bicyclic) bond motifs is 1. The van der Waals surface area contributed by atoms with Gasteiger partial charge in [0.1, 0.15) is 0 Å². The van der Waals surface area contributed by atoms with Gasteiger partial charge in [0.05, 0.1) is 16.5 Å². The highest BCUT2D eigenvalue weighted by molar-refractivity contribution is 7.18. The number of nitrogens with zero attached hydrogens (tertiary/aromatic N) is 1. The molecule has 0 fully saturated rings.